The Morgan fingerprint density at radius 1 is 1.03 bits per heavy atom. The molecule has 0 fully saturated rings. The number of nitrogens with one attached hydrogen (secondary N) is 1. The predicted molar refractivity (Wildman–Crippen MR) is 141 cm³/mol. The number of hydrogen-bond donors (Lipinski definition) is 2. The molecule has 0 saturated carbocycles. The van der Waals surface area contributed by atoms with E-state index in [1.807, 2.05) is 37.3 Å². The predicted octanol–water partition coefficient (Wildman–Crippen LogP) is 3.25. The molecule has 0 aliphatic carbocycles. The third-order valence-corrected chi connectivity index (χ3v) is 6.08. The van der Waals surface area contributed by atoms with E-state index in [-0.39, 0.29) is 41.1 Å². The Bertz CT molecular complexity index is 1290. The summed E-state index contributed by atoms with van der Waals surface area (Å²) in [4.78, 5) is 13.4. The Hall–Kier alpha value is -3.15. The Morgan fingerprint density at radius 2 is 1.84 bits per heavy atom. The zero-order chi connectivity index (χ0) is 26.0. The number of carbonyl (C=O) groups excluding carboxylic acids is 1. The molecule has 1 radical (unpaired) electrons. The number of unbranched alkanes of at least 4 members (excludes halogenated alkanes) is 2. The third-order valence-electron chi connectivity index (χ3n) is 6.08. The first-order valence-corrected chi connectivity index (χ1v) is 12.6. The maximum atomic E-state index is 11.8. The fourth-order valence-corrected chi connectivity index (χ4v) is 4.12. The number of hydrogen-bond acceptors (Lipinski definition) is 9. The minimum Gasteiger partial charge on any atom is -0.507 e. The summed E-state index contributed by atoms with van der Waals surface area (Å²) in [6.07, 6.45) is 5.89. The van der Waals surface area contributed by atoms with Crippen LogP contribution in [0.3, 0.4) is 0 Å². The van der Waals surface area contributed by atoms with Crippen LogP contribution in [0.25, 0.3) is 0 Å². The minimum atomic E-state index is -0.149. The number of aryl methyl sites for hydroxylation is 2. The number of phenolic OH excluding ortho intramolecular Hbond substituents is 1. The van der Waals surface area contributed by atoms with E-state index in [2.05, 4.69) is 36.0 Å². The minimum absolute atomic E-state index is 0. The van der Waals surface area contributed by atoms with Crippen LogP contribution in [0.5, 0.6) is 11.5 Å². The van der Waals surface area contributed by atoms with Crippen molar-refractivity contribution in [2.24, 2.45) is 0 Å². The van der Waals surface area contributed by atoms with Crippen LogP contribution >= 0.6 is 0 Å². The number of aromatic amines is 1. The van der Waals surface area contributed by atoms with Crippen molar-refractivity contribution in [1.29, 1.82) is 0 Å². The molecule has 4 rings (SSSR count). The number of benzene rings is 2. The Labute approximate surface area is 243 Å². The molecule has 0 aliphatic heterocycles. The van der Waals surface area contributed by atoms with Gasteiger partial charge in [-0.1, -0.05) is 43.2 Å². The molecule has 0 amide bonds. The van der Waals surface area contributed by atoms with E-state index in [0.29, 0.717) is 30.8 Å². The van der Waals surface area contributed by atoms with E-state index in [0.717, 1.165) is 66.9 Å². The molecule has 2 aromatic heterocycles. The zero-order valence-corrected chi connectivity index (χ0v) is 24.2. The van der Waals surface area contributed by atoms with Gasteiger partial charge in [0.05, 0.1) is 12.1 Å². The SMILES string of the molecule is CCCc1c(COc2ccc(Cc3nnn(CCCCCc4nn[nH]n4)n3)cc2)ccc(C(C)=O)c1O.[Na]. The van der Waals surface area contributed by atoms with Gasteiger partial charge in [-0.05, 0) is 60.7 Å². The van der Waals surface area contributed by atoms with E-state index < -0.39 is 0 Å². The van der Waals surface area contributed by atoms with Gasteiger partial charge in [0.2, 0.25) is 0 Å². The standard InChI is InChI=1S/C26H32N8O3.Na/c1-3-7-23-20(11-14-22(18(2)35)26(23)36)17-37-21-12-9-19(10-13-21)16-25-29-33-34(30-25)15-6-4-5-8-24-27-31-32-28-24;/h9-14,36H,3-8,15-17H2,1-2H3,(H,27,28,31,32);. The number of ether oxygens (including phenoxy) is 1. The van der Waals surface area contributed by atoms with E-state index in [1.165, 1.54) is 6.92 Å². The quantitative estimate of drug-likeness (QED) is 0.143. The molecule has 195 valence electrons. The van der Waals surface area contributed by atoms with Gasteiger partial charge in [-0.25, -0.2) is 0 Å². The molecule has 0 unspecified atom stereocenters. The number of Topliss-reactive ketones (excluding diaryl/α,β-unsaturated/α-hetero) is 1. The van der Waals surface area contributed by atoms with Crippen molar-refractivity contribution in [3.05, 3.63) is 70.3 Å². The first-order valence-electron chi connectivity index (χ1n) is 12.6. The molecule has 0 aliphatic rings. The number of rotatable bonds is 14. The van der Waals surface area contributed by atoms with Crippen molar-refractivity contribution >= 4 is 35.3 Å². The van der Waals surface area contributed by atoms with Crippen LogP contribution in [-0.2, 0) is 32.4 Å². The summed E-state index contributed by atoms with van der Waals surface area (Å²) in [5.41, 5.74) is 3.06. The molecule has 4 aromatic rings. The van der Waals surface area contributed by atoms with E-state index in [4.69, 9.17) is 4.74 Å². The number of phenols is 1. The van der Waals surface area contributed by atoms with Crippen LogP contribution in [0, 0.1) is 0 Å². The molecule has 2 heterocycles. The van der Waals surface area contributed by atoms with Crippen LogP contribution in [0.4, 0.5) is 0 Å². The van der Waals surface area contributed by atoms with Gasteiger partial charge in [0, 0.05) is 48.0 Å². The first kappa shape index (κ1) is 29.4. The summed E-state index contributed by atoms with van der Waals surface area (Å²) in [7, 11) is 0. The number of aromatic hydroxyl groups is 1. The summed E-state index contributed by atoms with van der Waals surface area (Å²) in [5, 5.41) is 37.3. The van der Waals surface area contributed by atoms with Crippen molar-refractivity contribution in [3.63, 3.8) is 0 Å². The molecule has 2 N–H and O–H groups in total. The van der Waals surface area contributed by atoms with E-state index >= 15 is 0 Å². The van der Waals surface area contributed by atoms with Gasteiger partial charge >= 0.3 is 0 Å². The molecule has 2 aromatic carbocycles. The summed E-state index contributed by atoms with van der Waals surface area (Å²) in [5.74, 6) is 2.05. The smallest absolute Gasteiger partial charge is 0.179 e. The van der Waals surface area contributed by atoms with Gasteiger partial charge in [0.25, 0.3) is 0 Å². The number of tetrazole rings is 2. The van der Waals surface area contributed by atoms with Gasteiger partial charge in [-0.3, -0.25) is 4.79 Å². The van der Waals surface area contributed by atoms with Crippen LogP contribution in [0.1, 0.15) is 78.2 Å². The maximum absolute atomic E-state index is 11.8. The second kappa shape index (κ2) is 14.7. The summed E-state index contributed by atoms with van der Waals surface area (Å²) in [6.45, 7) is 4.53. The van der Waals surface area contributed by atoms with Crippen LogP contribution in [0.2, 0.25) is 0 Å². The first-order chi connectivity index (χ1) is 18.0. The molecule has 12 heteroatoms. The second-order valence-corrected chi connectivity index (χ2v) is 8.96. The van der Waals surface area contributed by atoms with Gasteiger partial charge in [0.15, 0.2) is 17.4 Å². The molecule has 0 spiro atoms. The van der Waals surface area contributed by atoms with Gasteiger partial charge in [0.1, 0.15) is 18.1 Å². The van der Waals surface area contributed by atoms with Crippen molar-refractivity contribution in [3.8, 4) is 11.5 Å². The van der Waals surface area contributed by atoms with E-state index in [1.54, 1.807) is 10.9 Å². The van der Waals surface area contributed by atoms with Gasteiger partial charge < -0.3 is 9.84 Å². The van der Waals surface area contributed by atoms with Crippen LogP contribution < -0.4 is 4.74 Å². The van der Waals surface area contributed by atoms with Crippen molar-refractivity contribution < 1.29 is 14.6 Å². The fourth-order valence-electron chi connectivity index (χ4n) is 4.12. The largest absolute Gasteiger partial charge is 0.507 e. The van der Waals surface area contributed by atoms with Crippen LogP contribution in [0.15, 0.2) is 36.4 Å². The third kappa shape index (κ3) is 8.17. The van der Waals surface area contributed by atoms with Crippen LogP contribution in [-0.4, -0.2) is 81.3 Å². The number of aromatic nitrogens is 8. The Kier molecular flexibility index (Phi) is 11.4. The molecule has 11 nitrogen and oxygen atoms in total. The average molecular weight is 528 g/mol. The van der Waals surface area contributed by atoms with Gasteiger partial charge in [-0.15, -0.1) is 20.4 Å². The second-order valence-electron chi connectivity index (χ2n) is 8.96. The summed E-state index contributed by atoms with van der Waals surface area (Å²) < 4.78 is 5.97. The number of nitrogens with zero attached hydrogens (tertiary/aromatic N) is 7. The van der Waals surface area contributed by atoms with Crippen molar-refractivity contribution in [2.45, 2.75) is 71.9 Å². The van der Waals surface area contributed by atoms with Crippen molar-refractivity contribution in [1.82, 2.24) is 40.8 Å². The molecular formula is C26H32N8NaO3. The fraction of sp³-hybridized carbons (Fsp3) is 0.423. The number of carbonyl (C=O) groups is 1. The average Bonchev–Trinajstić information content (AvgIpc) is 3.57. The molecular weight excluding hydrogens is 495 g/mol. The zero-order valence-electron chi connectivity index (χ0n) is 22.2. The Morgan fingerprint density at radius 3 is 2.55 bits per heavy atom. The normalized spacial score (nSPS) is 10.8. The summed E-state index contributed by atoms with van der Waals surface area (Å²) in [6, 6.07) is 11.3. The topological polar surface area (TPSA) is 145 Å². The van der Waals surface area contributed by atoms with Gasteiger partial charge in [-0.2, -0.15) is 10.0 Å². The molecule has 0 saturated heterocycles. The number of ketones is 1. The number of H-pyrrole nitrogens is 1. The van der Waals surface area contributed by atoms with E-state index in [9.17, 15) is 9.90 Å². The molecule has 0 atom stereocenters. The Balaban J connectivity index is 0.00000400. The molecule has 38 heavy (non-hydrogen) atoms. The summed E-state index contributed by atoms with van der Waals surface area (Å²) >= 11 is 0. The monoisotopic (exact) mass is 527 g/mol. The molecule has 0 bridgehead atoms. The van der Waals surface area contributed by atoms with Crippen molar-refractivity contribution in [2.75, 3.05) is 0 Å². The maximum Gasteiger partial charge on any atom is 0.179 e.